The van der Waals surface area contributed by atoms with Gasteiger partial charge in [-0.2, -0.15) is 0 Å². The molecule has 0 aliphatic carbocycles. The molecule has 4 aromatic carbocycles. The van der Waals surface area contributed by atoms with Gasteiger partial charge >= 0.3 is 0 Å². The van der Waals surface area contributed by atoms with Crippen molar-refractivity contribution >= 4 is 33.1 Å². The molecule has 0 spiro atoms. The standard InChI is InChI=1S/C30H29N5O3S/c31-29(32)22-9-6-10-24(19-22)35-18-17-26(20-7-2-1-3-8-20)28(35)30(36)34-23-15-13-21(14-16-23)25-11-4-5-12-27(25)39(33,37)38/h1-16,19,26,28H,17-18H2,(H3,31,32)(H,34,36)(H2,33,37,38). The molecule has 39 heavy (non-hydrogen) atoms. The number of amides is 1. The average molecular weight is 540 g/mol. The highest BCUT2D eigenvalue weighted by molar-refractivity contribution is 7.89. The lowest BCUT2D eigenvalue weighted by Crippen LogP contribution is -2.42. The molecular weight excluding hydrogens is 510 g/mol. The smallest absolute Gasteiger partial charge is 0.247 e. The lowest BCUT2D eigenvalue weighted by molar-refractivity contribution is -0.117. The first kappa shape index (κ1) is 26.1. The van der Waals surface area contributed by atoms with Crippen LogP contribution in [0, 0.1) is 5.41 Å². The van der Waals surface area contributed by atoms with Crippen LogP contribution in [0.4, 0.5) is 11.4 Å². The second kappa shape index (κ2) is 10.7. The number of sulfonamides is 1. The summed E-state index contributed by atoms with van der Waals surface area (Å²) < 4.78 is 24.1. The van der Waals surface area contributed by atoms with Gasteiger partial charge in [-0.1, -0.05) is 72.8 Å². The number of rotatable bonds is 7. The van der Waals surface area contributed by atoms with Gasteiger partial charge in [-0.25, -0.2) is 13.6 Å². The molecule has 5 rings (SSSR count). The number of nitrogens with two attached hydrogens (primary N) is 2. The fourth-order valence-corrected chi connectivity index (χ4v) is 5.97. The Hall–Kier alpha value is -4.47. The number of nitrogens with one attached hydrogen (secondary N) is 2. The van der Waals surface area contributed by atoms with Gasteiger partial charge in [0, 0.05) is 35.0 Å². The van der Waals surface area contributed by atoms with E-state index in [1.807, 2.05) is 48.5 Å². The second-order valence-electron chi connectivity index (χ2n) is 9.52. The van der Waals surface area contributed by atoms with Crippen LogP contribution < -0.4 is 21.1 Å². The molecule has 4 aromatic rings. The zero-order chi connectivity index (χ0) is 27.6. The SMILES string of the molecule is N=C(N)c1cccc(N2CCC(c3ccccc3)C2C(=O)Nc2ccc(-c3ccccc3S(N)(=O)=O)cc2)c1. The number of amidine groups is 1. The molecule has 1 saturated heterocycles. The van der Waals surface area contributed by atoms with Crippen LogP contribution in [0.2, 0.25) is 0 Å². The van der Waals surface area contributed by atoms with Gasteiger partial charge in [0.2, 0.25) is 15.9 Å². The lowest BCUT2D eigenvalue weighted by Gasteiger charge is -2.29. The van der Waals surface area contributed by atoms with Crippen molar-refractivity contribution in [3.05, 3.63) is 114 Å². The first-order chi connectivity index (χ1) is 18.7. The maximum absolute atomic E-state index is 13.8. The molecule has 0 bridgehead atoms. The fraction of sp³-hybridized carbons (Fsp3) is 0.133. The third-order valence-corrected chi connectivity index (χ3v) is 8.01. The van der Waals surface area contributed by atoms with E-state index in [9.17, 15) is 13.2 Å². The zero-order valence-corrected chi connectivity index (χ0v) is 21.9. The van der Waals surface area contributed by atoms with E-state index in [1.54, 1.807) is 48.5 Å². The second-order valence-corrected chi connectivity index (χ2v) is 11.0. The van der Waals surface area contributed by atoms with Crippen LogP contribution in [0.3, 0.4) is 0 Å². The number of hydrogen-bond donors (Lipinski definition) is 4. The largest absolute Gasteiger partial charge is 0.384 e. The van der Waals surface area contributed by atoms with Crippen LogP contribution in [-0.4, -0.2) is 32.7 Å². The lowest BCUT2D eigenvalue weighted by atomic mass is 9.91. The van der Waals surface area contributed by atoms with Crippen molar-refractivity contribution in [2.45, 2.75) is 23.3 Å². The van der Waals surface area contributed by atoms with Crippen molar-refractivity contribution in [1.82, 2.24) is 0 Å². The van der Waals surface area contributed by atoms with Crippen LogP contribution in [0.15, 0.2) is 108 Å². The number of carbonyl (C=O) groups excluding carboxylic acids is 1. The van der Waals surface area contributed by atoms with E-state index >= 15 is 0 Å². The minimum Gasteiger partial charge on any atom is -0.384 e. The number of primary sulfonamides is 1. The van der Waals surface area contributed by atoms with E-state index in [1.165, 1.54) is 6.07 Å². The van der Waals surface area contributed by atoms with E-state index < -0.39 is 16.1 Å². The van der Waals surface area contributed by atoms with Crippen LogP contribution in [-0.2, 0) is 14.8 Å². The van der Waals surface area contributed by atoms with Gasteiger partial charge in [-0.3, -0.25) is 10.2 Å². The van der Waals surface area contributed by atoms with Gasteiger partial charge in [0.05, 0.1) is 4.90 Å². The molecule has 1 amide bonds. The fourth-order valence-electron chi connectivity index (χ4n) is 5.21. The van der Waals surface area contributed by atoms with Gasteiger partial charge in [0.15, 0.2) is 0 Å². The summed E-state index contributed by atoms with van der Waals surface area (Å²) in [6, 6.07) is 30.5. The van der Waals surface area contributed by atoms with Gasteiger partial charge in [-0.15, -0.1) is 0 Å². The highest BCUT2D eigenvalue weighted by Gasteiger charge is 2.40. The Kier molecular flexibility index (Phi) is 7.19. The first-order valence-electron chi connectivity index (χ1n) is 12.5. The molecule has 0 aromatic heterocycles. The topological polar surface area (TPSA) is 142 Å². The predicted molar refractivity (Wildman–Crippen MR) is 154 cm³/mol. The molecule has 1 aliphatic rings. The van der Waals surface area contributed by atoms with Crippen molar-refractivity contribution in [3.63, 3.8) is 0 Å². The Labute approximate surface area is 227 Å². The van der Waals surface area contributed by atoms with Gasteiger partial charge in [0.25, 0.3) is 0 Å². The molecule has 2 unspecified atom stereocenters. The monoisotopic (exact) mass is 539 g/mol. The van der Waals surface area contributed by atoms with Gasteiger partial charge in [-0.05, 0) is 47.9 Å². The summed E-state index contributed by atoms with van der Waals surface area (Å²) in [6.07, 6.45) is 0.787. The molecule has 1 aliphatic heterocycles. The molecule has 0 radical (unpaired) electrons. The van der Waals surface area contributed by atoms with Crippen LogP contribution in [0.1, 0.15) is 23.5 Å². The van der Waals surface area contributed by atoms with E-state index in [4.69, 9.17) is 16.3 Å². The van der Waals surface area contributed by atoms with Crippen LogP contribution in [0.5, 0.6) is 0 Å². The third-order valence-electron chi connectivity index (χ3n) is 7.04. The molecular formula is C30H29N5O3S. The molecule has 8 nitrogen and oxygen atoms in total. The highest BCUT2D eigenvalue weighted by Crippen LogP contribution is 2.38. The number of carbonyl (C=O) groups is 1. The molecule has 9 heteroatoms. The van der Waals surface area contributed by atoms with E-state index in [2.05, 4.69) is 10.2 Å². The Balaban J connectivity index is 1.44. The Bertz CT molecular complexity index is 1620. The van der Waals surface area contributed by atoms with E-state index in [0.29, 0.717) is 28.9 Å². The molecule has 6 N–H and O–H groups in total. The summed E-state index contributed by atoms with van der Waals surface area (Å²) in [5, 5.41) is 16.3. The normalized spacial score (nSPS) is 17.1. The number of nitrogens with zero attached hydrogens (tertiary/aromatic N) is 1. The maximum atomic E-state index is 13.8. The summed E-state index contributed by atoms with van der Waals surface area (Å²) >= 11 is 0. The molecule has 1 fully saturated rings. The summed E-state index contributed by atoms with van der Waals surface area (Å²) in [6.45, 7) is 0.669. The number of nitrogen functional groups attached to an aromatic ring is 1. The molecule has 0 saturated carbocycles. The minimum absolute atomic E-state index is 0.0271. The quantitative estimate of drug-likeness (QED) is 0.205. The molecule has 2 atom stereocenters. The minimum atomic E-state index is -3.89. The average Bonchev–Trinajstić information content (AvgIpc) is 3.39. The van der Waals surface area contributed by atoms with Crippen molar-refractivity contribution < 1.29 is 13.2 Å². The van der Waals surface area contributed by atoms with Crippen molar-refractivity contribution in [2.75, 3.05) is 16.8 Å². The van der Waals surface area contributed by atoms with Crippen LogP contribution >= 0.6 is 0 Å². The van der Waals surface area contributed by atoms with Crippen molar-refractivity contribution in [2.24, 2.45) is 10.9 Å². The van der Waals surface area contributed by atoms with E-state index in [0.717, 1.165) is 17.7 Å². The van der Waals surface area contributed by atoms with Gasteiger partial charge in [0.1, 0.15) is 11.9 Å². The number of anilines is 2. The van der Waals surface area contributed by atoms with Gasteiger partial charge < -0.3 is 16.0 Å². The molecule has 198 valence electrons. The number of benzene rings is 4. The third kappa shape index (κ3) is 5.55. The Morgan fingerprint density at radius 3 is 2.28 bits per heavy atom. The zero-order valence-electron chi connectivity index (χ0n) is 21.1. The maximum Gasteiger partial charge on any atom is 0.247 e. The number of hydrogen-bond acceptors (Lipinski definition) is 5. The van der Waals surface area contributed by atoms with Crippen molar-refractivity contribution in [1.29, 1.82) is 5.41 Å². The summed E-state index contributed by atoms with van der Waals surface area (Å²) in [7, 11) is -3.89. The molecule has 1 heterocycles. The summed E-state index contributed by atoms with van der Waals surface area (Å²) in [4.78, 5) is 15.9. The summed E-state index contributed by atoms with van der Waals surface area (Å²) in [5.74, 6) is -0.221. The highest BCUT2D eigenvalue weighted by atomic mass is 32.2. The Morgan fingerprint density at radius 2 is 1.59 bits per heavy atom. The van der Waals surface area contributed by atoms with Crippen LogP contribution in [0.25, 0.3) is 11.1 Å². The van der Waals surface area contributed by atoms with E-state index in [-0.39, 0.29) is 22.6 Å². The predicted octanol–water partition coefficient (Wildman–Crippen LogP) is 4.29. The Morgan fingerprint density at radius 1 is 0.897 bits per heavy atom. The first-order valence-corrected chi connectivity index (χ1v) is 14.1. The van der Waals surface area contributed by atoms with Crippen molar-refractivity contribution in [3.8, 4) is 11.1 Å². The summed E-state index contributed by atoms with van der Waals surface area (Å²) in [5.41, 5.74) is 10.00.